The van der Waals surface area contributed by atoms with Crippen LogP contribution in [-0.2, 0) is 11.2 Å². The van der Waals surface area contributed by atoms with Crippen molar-refractivity contribution in [3.63, 3.8) is 0 Å². The summed E-state index contributed by atoms with van der Waals surface area (Å²) in [6, 6.07) is 6.20. The molecule has 0 radical (unpaired) electrons. The summed E-state index contributed by atoms with van der Waals surface area (Å²) < 4.78 is 20.6. The highest BCUT2D eigenvalue weighted by molar-refractivity contribution is 7.14. The molecule has 0 unspecified atom stereocenters. The Morgan fingerprint density at radius 3 is 2.56 bits per heavy atom. The molecule has 5 nitrogen and oxygen atoms in total. The third kappa shape index (κ3) is 2.91. The first kappa shape index (κ1) is 17.2. The van der Waals surface area contributed by atoms with Crippen molar-refractivity contribution < 1.29 is 23.8 Å². The van der Waals surface area contributed by atoms with Crippen LogP contribution in [0.3, 0.4) is 0 Å². The number of aliphatic carboxylic acids is 1. The molecule has 7 heteroatoms. The molecule has 130 valence electrons. The number of hydrogen-bond acceptors (Lipinski definition) is 4. The number of aryl methyl sites for hydroxylation is 1. The number of rotatable bonds is 4. The summed E-state index contributed by atoms with van der Waals surface area (Å²) in [5.74, 6) is -1.92. The average molecular weight is 361 g/mol. The zero-order chi connectivity index (χ0) is 18.3. The number of methoxy groups -OCH3 is 1. The van der Waals surface area contributed by atoms with Gasteiger partial charge in [-0.25, -0.2) is 4.39 Å². The average Bonchev–Trinajstić information content (AvgIpc) is 3.08. The number of nitrogens with zero attached hydrogens (tertiary/aromatic N) is 1. The second-order valence-corrected chi connectivity index (χ2v) is 6.98. The van der Waals surface area contributed by atoms with Crippen LogP contribution in [0.5, 0.6) is 5.75 Å². The van der Waals surface area contributed by atoms with Crippen LogP contribution in [0.1, 0.15) is 25.8 Å². The molecule has 0 atom stereocenters. The Balaban J connectivity index is 2.30. The lowest BCUT2D eigenvalue weighted by Crippen LogP contribution is -2.13. The maximum Gasteiger partial charge on any atom is 0.307 e. The maximum atomic E-state index is 14.2. The van der Waals surface area contributed by atoms with Gasteiger partial charge in [0.25, 0.3) is 5.91 Å². The fraction of sp³-hybridized carbons (Fsp3) is 0.222. The fourth-order valence-corrected chi connectivity index (χ4v) is 3.73. The summed E-state index contributed by atoms with van der Waals surface area (Å²) in [5, 5.41) is 9.70. The number of ether oxygens (including phenoxy) is 1. The highest BCUT2D eigenvalue weighted by atomic mass is 32.1. The third-order valence-corrected chi connectivity index (χ3v) is 5.08. The molecular formula is C18H16FNO4S. The summed E-state index contributed by atoms with van der Waals surface area (Å²) in [6.45, 7) is 3.56. The van der Waals surface area contributed by atoms with Crippen molar-refractivity contribution >= 4 is 34.1 Å². The smallest absolute Gasteiger partial charge is 0.307 e. The Bertz CT molecular complexity index is 1000. The number of halogens is 1. The monoisotopic (exact) mass is 361 g/mol. The quantitative estimate of drug-likeness (QED) is 0.768. The molecular weight excluding hydrogens is 345 g/mol. The summed E-state index contributed by atoms with van der Waals surface area (Å²) in [5.41, 5.74) is 1.30. The Kier molecular flexibility index (Phi) is 4.34. The van der Waals surface area contributed by atoms with E-state index >= 15 is 0 Å². The van der Waals surface area contributed by atoms with Crippen LogP contribution >= 0.6 is 11.3 Å². The minimum absolute atomic E-state index is 0.00991. The van der Waals surface area contributed by atoms with Crippen LogP contribution in [0.4, 0.5) is 4.39 Å². The fourth-order valence-electron chi connectivity index (χ4n) is 2.93. The molecule has 0 bridgehead atoms. The van der Waals surface area contributed by atoms with E-state index in [0.29, 0.717) is 27.0 Å². The van der Waals surface area contributed by atoms with Crippen LogP contribution < -0.4 is 4.74 Å². The largest absolute Gasteiger partial charge is 0.494 e. The van der Waals surface area contributed by atoms with Crippen molar-refractivity contribution in [2.24, 2.45) is 0 Å². The van der Waals surface area contributed by atoms with E-state index in [-0.39, 0.29) is 18.1 Å². The molecule has 2 aromatic heterocycles. The highest BCUT2D eigenvalue weighted by Gasteiger charge is 2.23. The lowest BCUT2D eigenvalue weighted by Gasteiger charge is -2.06. The van der Waals surface area contributed by atoms with E-state index in [1.807, 2.05) is 13.0 Å². The van der Waals surface area contributed by atoms with Gasteiger partial charge < -0.3 is 9.84 Å². The predicted molar refractivity (Wildman–Crippen MR) is 93.3 cm³/mol. The van der Waals surface area contributed by atoms with Crippen molar-refractivity contribution in [2.75, 3.05) is 7.11 Å². The second kappa shape index (κ2) is 6.33. The van der Waals surface area contributed by atoms with Gasteiger partial charge in [0.2, 0.25) is 0 Å². The van der Waals surface area contributed by atoms with Crippen LogP contribution in [0.25, 0.3) is 10.9 Å². The van der Waals surface area contributed by atoms with Crippen LogP contribution in [0.2, 0.25) is 0 Å². The molecule has 2 heterocycles. The van der Waals surface area contributed by atoms with Crippen molar-refractivity contribution in [2.45, 2.75) is 20.3 Å². The molecule has 0 fully saturated rings. The molecule has 0 saturated heterocycles. The SMILES string of the molecule is COc1cc2c(CC(=O)O)c(C)n(C(=O)c3ccc(C)s3)c2cc1F. The van der Waals surface area contributed by atoms with E-state index in [9.17, 15) is 19.1 Å². The van der Waals surface area contributed by atoms with Crippen LogP contribution in [0.15, 0.2) is 24.3 Å². The second-order valence-electron chi connectivity index (χ2n) is 5.69. The van der Waals surface area contributed by atoms with Gasteiger partial charge >= 0.3 is 5.97 Å². The zero-order valence-electron chi connectivity index (χ0n) is 13.9. The Morgan fingerprint density at radius 2 is 2.00 bits per heavy atom. The molecule has 0 saturated carbocycles. The van der Waals surface area contributed by atoms with Gasteiger partial charge in [0.05, 0.1) is 23.9 Å². The lowest BCUT2D eigenvalue weighted by molar-refractivity contribution is -0.136. The summed E-state index contributed by atoms with van der Waals surface area (Å²) in [7, 11) is 1.34. The van der Waals surface area contributed by atoms with E-state index in [1.54, 1.807) is 13.0 Å². The number of hydrogen-bond donors (Lipinski definition) is 1. The Labute approximate surface area is 147 Å². The van der Waals surface area contributed by atoms with Crippen molar-refractivity contribution in [3.8, 4) is 5.75 Å². The molecule has 0 aliphatic carbocycles. The molecule has 3 rings (SSSR count). The maximum absolute atomic E-state index is 14.2. The van der Waals surface area contributed by atoms with Gasteiger partial charge in [-0.05, 0) is 37.6 Å². The van der Waals surface area contributed by atoms with Crippen molar-refractivity contribution in [1.82, 2.24) is 4.57 Å². The number of carboxylic acid groups (broad SMARTS) is 1. The van der Waals surface area contributed by atoms with Gasteiger partial charge in [-0.1, -0.05) is 0 Å². The standard InChI is InChI=1S/C18H16FNO4S/c1-9-4-5-16(25-9)18(23)20-10(2)11(7-17(21)22)12-6-15(24-3)13(19)8-14(12)20/h4-6,8H,7H2,1-3H3,(H,21,22). The summed E-state index contributed by atoms with van der Waals surface area (Å²) in [6.07, 6.45) is -0.263. The van der Waals surface area contributed by atoms with E-state index in [0.717, 1.165) is 4.88 Å². The van der Waals surface area contributed by atoms with E-state index in [4.69, 9.17) is 4.74 Å². The van der Waals surface area contributed by atoms with Gasteiger partial charge in [-0.3, -0.25) is 14.2 Å². The number of fused-ring (bicyclic) bond motifs is 1. The van der Waals surface area contributed by atoms with Crippen LogP contribution in [-0.4, -0.2) is 28.7 Å². The Hall–Kier alpha value is -2.67. The number of benzene rings is 1. The number of carbonyl (C=O) groups is 2. The third-order valence-electron chi connectivity index (χ3n) is 4.09. The van der Waals surface area contributed by atoms with Gasteiger partial charge in [-0.2, -0.15) is 0 Å². The molecule has 1 aromatic carbocycles. The first-order valence-electron chi connectivity index (χ1n) is 7.53. The van der Waals surface area contributed by atoms with E-state index in [1.165, 1.54) is 35.1 Å². The predicted octanol–water partition coefficient (Wildman–Crippen LogP) is 3.78. The van der Waals surface area contributed by atoms with E-state index in [2.05, 4.69) is 0 Å². The molecule has 25 heavy (non-hydrogen) atoms. The van der Waals surface area contributed by atoms with Gasteiger partial charge in [-0.15, -0.1) is 11.3 Å². The molecule has 1 N–H and O–H groups in total. The molecule has 0 aliphatic heterocycles. The topological polar surface area (TPSA) is 68.5 Å². The number of aromatic nitrogens is 1. The van der Waals surface area contributed by atoms with Gasteiger partial charge in [0.15, 0.2) is 11.6 Å². The van der Waals surface area contributed by atoms with Gasteiger partial charge in [0, 0.05) is 22.0 Å². The van der Waals surface area contributed by atoms with Gasteiger partial charge in [0.1, 0.15) is 0 Å². The zero-order valence-corrected chi connectivity index (χ0v) is 14.7. The highest BCUT2D eigenvalue weighted by Crippen LogP contribution is 2.33. The summed E-state index contributed by atoms with van der Waals surface area (Å²) in [4.78, 5) is 25.7. The Morgan fingerprint density at radius 1 is 1.28 bits per heavy atom. The minimum atomic E-state index is -1.02. The normalized spacial score (nSPS) is 11.0. The molecule has 0 spiro atoms. The first-order chi connectivity index (χ1) is 11.8. The first-order valence-corrected chi connectivity index (χ1v) is 8.35. The molecule has 0 aliphatic rings. The van der Waals surface area contributed by atoms with Crippen LogP contribution in [0, 0.1) is 19.7 Å². The number of thiophene rings is 1. The molecule has 0 amide bonds. The number of carboxylic acids is 1. The minimum Gasteiger partial charge on any atom is -0.494 e. The van der Waals surface area contributed by atoms with Crippen molar-refractivity contribution in [3.05, 3.63) is 51.1 Å². The summed E-state index contributed by atoms with van der Waals surface area (Å²) >= 11 is 1.34. The van der Waals surface area contributed by atoms with Crippen molar-refractivity contribution in [1.29, 1.82) is 0 Å². The lowest BCUT2D eigenvalue weighted by atomic mass is 10.1. The van der Waals surface area contributed by atoms with E-state index < -0.39 is 11.8 Å². The number of carbonyl (C=O) groups excluding carboxylic acids is 1. The molecule has 3 aromatic rings.